The summed E-state index contributed by atoms with van der Waals surface area (Å²) in [5.41, 5.74) is 1.35. The predicted molar refractivity (Wildman–Crippen MR) is 117 cm³/mol. The van der Waals surface area contributed by atoms with E-state index in [4.69, 9.17) is 25.5 Å². The van der Waals surface area contributed by atoms with Crippen molar-refractivity contribution < 1.29 is 23.5 Å². The number of hydrogen-bond donors (Lipinski definition) is 0. The van der Waals surface area contributed by atoms with Gasteiger partial charge in [-0.2, -0.15) is 0 Å². The molecule has 0 aliphatic carbocycles. The number of carbonyl (C=O) groups excluding carboxylic acids is 2. The van der Waals surface area contributed by atoms with Gasteiger partial charge in [0.2, 0.25) is 5.76 Å². The van der Waals surface area contributed by atoms with Crippen LogP contribution in [-0.2, 0) is 9.47 Å². The molecule has 2 atom stereocenters. The van der Waals surface area contributed by atoms with Crippen LogP contribution in [-0.4, -0.2) is 43.1 Å². The fourth-order valence-corrected chi connectivity index (χ4v) is 4.63. The maximum Gasteiger partial charge on any atom is 0.337 e. The highest BCUT2D eigenvalue weighted by molar-refractivity contribution is 6.31. The number of fused-ring (bicyclic) bond motifs is 2. The lowest BCUT2D eigenvalue weighted by Gasteiger charge is -2.27. The van der Waals surface area contributed by atoms with Gasteiger partial charge in [0.25, 0.3) is 5.91 Å². The molecule has 1 aromatic heterocycles. The van der Waals surface area contributed by atoms with Crippen molar-refractivity contribution in [2.45, 2.75) is 25.0 Å². The summed E-state index contributed by atoms with van der Waals surface area (Å²) in [4.78, 5) is 40.4. The summed E-state index contributed by atoms with van der Waals surface area (Å²) in [6, 6.07) is 10.8. The lowest BCUT2D eigenvalue weighted by molar-refractivity contribution is 0.0486. The average molecular weight is 454 g/mol. The second kappa shape index (κ2) is 8.07. The zero-order chi connectivity index (χ0) is 22.4. The van der Waals surface area contributed by atoms with Gasteiger partial charge in [-0.15, -0.1) is 0 Å². The maximum absolute atomic E-state index is 13.5. The molecule has 32 heavy (non-hydrogen) atoms. The van der Waals surface area contributed by atoms with Crippen molar-refractivity contribution >= 4 is 34.4 Å². The zero-order valence-corrected chi connectivity index (χ0v) is 18.1. The molecule has 3 aromatic rings. The molecular weight excluding hydrogens is 434 g/mol. The number of hydrogen-bond acceptors (Lipinski definition) is 6. The van der Waals surface area contributed by atoms with Gasteiger partial charge in [-0.3, -0.25) is 9.59 Å². The van der Waals surface area contributed by atoms with E-state index in [0.29, 0.717) is 40.3 Å². The molecule has 5 rings (SSSR count). The Morgan fingerprint density at radius 2 is 1.97 bits per heavy atom. The fourth-order valence-electron chi connectivity index (χ4n) is 4.45. The third kappa shape index (κ3) is 3.38. The van der Waals surface area contributed by atoms with Gasteiger partial charge in [0.1, 0.15) is 5.58 Å². The fraction of sp³-hybridized carbons (Fsp3) is 0.292. The molecule has 0 unspecified atom stereocenters. The van der Waals surface area contributed by atoms with Crippen LogP contribution < -0.4 is 5.43 Å². The van der Waals surface area contributed by atoms with E-state index < -0.39 is 12.0 Å². The summed E-state index contributed by atoms with van der Waals surface area (Å²) < 4.78 is 16.4. The number of amides is 1. The lowest BCUT2D eigenvalue weighted by atomic mass is 9.97. The summed E-state index contributed by atoms with van der Waals surface area (Å²) in [5.74, 6) is -0.785. The first-order valence-corrected chi connectivity index (χ1v) is 10.7. The Morgan fingerprint density at radius 3 is 2.66 bits per heavy atom. The van der Waals surface area contributed by atoms with Gasteiger partial charge in [-0.25, -0.2) is 4.79 Å². The Bertz CT molecular complexity index is 1280. The van der Waals surface area contributed by atoms with Crippen LogP contribution in [0.15, 0.2) is 51.7 Å². The molecule has 1 saturated heterocycles. The minimum atomic E-state index is -0.659. The van der Waals surface area contributed by atoms with Crippen molar-refractivity contribution in [3.8, 4) is 0 Å². The second-order valence-electron chi connectivity index (χ2n) is 7.92. The van der Waals surface area contributed by atoms with Crippen molar-refractivity contribution in [3.63, 3.8) is 0 Å². The third-order valence-corrected chi connectivity index (χ3v) is 6.23. The molecule has 0 bridgehead atoms. The molecule has 2 aromatic carbocycles. The second-order valence-corrected chi connectivity index (χ2v) is 8.36. The standard InChI is InChI=1S/C24H20ClNO6/c1-30-24(29)14-6-4-13(5-7-14)20-19-21(27)17-11-15(25)8-9-18(17)32-22(19)23(28)26(20)12-16-3-2-10-31-16/h4-9,11,16,20H,2-3,10,12H2,1H3/t16-,20-/m0/s1. The molecule has 1 amide bonds. The molecule has 3 heterocycles. The summed E-state index contributed by atoms with van der Waals surface area (Å²) in [6.07, 6.45) is 1.66. The predicted octanol–water partition coefficient (Wildman–Crippen LogP) is 3.96. The van der Waals surface area contributed by atoms with Gasteiger partial charge in [0.05, 0.1) is 35.8 Å². The number of halogens is 1. The molecule has 0 saturated carbocycles. The van der Waals surface area contributed by atoms with Gasteiger partial charge in [-0.05, 0) is 48.7 Å². The third-order valence-electron chi connectivity index (χ3n) is 6.00. The van der Waals surface area contributed by atoms with Gasteiger partial charge >= 0.3 is 5.97 Å². The Kier molecular flexibility index (Phi) is 5.23. The van der Waals surface area contributed by atoms with Crippen LogP contribution in [0.1, 0.15) is 50.9 Å². The number of carbonyl (C=O) groups is 2. The minimum absolute atomic E-state index is 0.0323. The highest BCUT2D eigenvalue weighted by Crippen LogP contribution is 2.39. The van der Waals surface area contributed by atoms with Crippen LogP contribution in [0.25, 0.3) is 11.0 Å². The van der Waals surface area contributed by atoms with Gasteiger partial charge in [0, 0.05) is 18.2 Å². The topological polar surface area (TPSA) is 86.0 Å². The Hall–Kier alpha value is -3.16. The summed E-state index contributed by atoms with van der Waals surface area (Å²) in [6.45, 7) is 0.987. The van der Waals surface area contributed by atoms with Crippen LogP contribution in [0.5, 0.6) is 0 Å². The van der Waals surface area contributed by atoms with Crippen LogP contribution >= 0.6 is 11.6 Å². The highest BCUT2D eigenvalue weighted by Gasteiger charge is 2.44. The SMILES string of the molecule is COC(=O)c1ccc([C@H]2c3c(oc4ccc(Cl)cc4c3=O)C(=O)N2C[C@@H]2CCCO2)cc1. The maximum atomic E-state index is 13.5. The first-order valence-electron chi connectivity index (χ1n) is 10.3. The molecule has 0 radical (unpaired) electrons. The highest BCUT2D eigenvalue weighted by atomic mass is 35.5. The molecule has 0 spiro atoms. The zero-order valence-electron chi connectivity index (χ0n) is 17.3. The average Bonchev–Trinajstić information content (AvgIpc) is 3.41. The van der Waals surface area contributed by atoms with Crippen molar-refractivity contribution in [1.29, 1.82) is 0 Å². The normalized spacial score (nSPS) is 20.1. The lowest BCUT2D eigenvalue weighted by Crippen LogP contribution is -2.36. The molecule has 7 nitrogen and oxygen atoms in total. The molecule has 2 aliphatic heterocycles. The molecular formula is C24H20ClNO6. The first kappa shape index (κ1) is 20.7. The molecule has 8 heteroatoms. The van der Waals surface area contributed by atoms with Gasteiger partial charge < -0.3 is 18.8 Å². The van der Waals surface area contributed by atoms with E-state index >= 15 is 0 Å². The van der Waals surface area contributed by atoms with Crippen molar-refractivity contribution in [2.24, 2.45) is 0 Å². The number of methoxy groups -OCH3 is 1. The molecule has 1 fully saturated rings. The van der Waals surface area contributed by atoms with Crippen LogP contribution in [0.2, 0.25) is 5.02 Å². The Labute approximate surface area is 188 Å². The van der Waals surface area contributed by atoms with Crippen LogP contribution in [0.3, 0.4) is 0 Å². The van der Waals surface area contributed by atoms with E-state index in [0.717, 1.165) is 12.8 Å². The van der Waals surface area contributed by atoms with E-state index in [-0.39, 0.29) is 28.8 Å². The molecule has 2 aliphatic rings. The van der Waals surface area contributed by atoms with E-state index in [1.54, 1.807) is 47.4 Å². The quantitative estimate of drug-likeness (QED) is 0.556. The summed E-state index contributed by atoms with van der Waals surface area (Å²) in [7, 11) is 1.31. The van der Waals surface area contributed by atoms with Crippen molar-refractivity contribution in [3.05, 3.63) is 80.2 Å². The number of rotatable bonds is 4. The molecule has 0 N–H and O–H groups in total. The Morgan fingerprint density at radius 1 is 1.19 bits per heavy atom. The molecule has 164 valence electrons. The largest absolute Gasteiger partial charge is 0.465 e. The number of benzene rings is 2. The van der Waals surface area contributed by atoms with E-state index in [2.05, 4.69) is 0 Å². The number of nitrogens with zero attached hydrogens (tertiary/aromatic N) is 1. The monoisotopic (exact) mass is 453 g/mol. The van der Waals surface area contributed by atoms with E-state index in [9.17, 15) is 14.4 Å². The van der Waals surface area contributed by atoms with E-state index in [1.807, 2.05) is 0 Å². The Balaban J connectivity index is 1.66. The van der Waals surface area contributed by atoms with Gasteiger partial charge in [-0.1, -0.05) is 23.7 Å². The summed E-state index contributed by atoms with van der Waals surface area (Å²) >= 11 is 6.11. The van der Waals surface area contributed by atoms with Crippen molar-refractivity contribution in [2.75, 3.05) is 20.3 Å². The smallest absolute Gasteiger partial charge is 0.337 e. The summed E-state index contributed by atoms with van der Waals surface area (Å²) in [5, 5.41) is 0.725. The van der Waals surface area contributed by atoms with Gasteiger partial charge in [0.15, 0.2) is 5.43 Å². The first-order chi connectivity index (χ1) is 15.5. The van der Waals surface area contributed by atoms with E-state index in [1.165, 1.54) is 7.11 Å². The number of esters is 1. The number of ether oxygens (including phenoxy) is 2. The van der Waals surface area contributed by atoms with Crippen molar-refractivity contribution in [1.82, 2.24) is 4.90 Å². The van der Waals surface area contributed by atoms with Crippen LogP contribution in [0.4, 0.5) is 0 Å². The minimum Gasteiger partial charge on any atom is -0.465 e. The van der Waals surface area contributed by atoms with Crippen LogP contribution in [0, 0.1) is 0 Å².